The number of rotatable bonds is 4. The lowest BCUT2D eigenvalue weighted by Crippen LogP contribution is -2.41. The van der Waals surface area contributed by atoms with Gasteiger partial charge in [0.05, 0.1) is 5.52 Å². The second kappa shape index (κ2) is 6.79. The minimum Gasteiger partial charge on any atom is -0.408 e. The van der Waals surface area contributed by atoms with Gasteiger partial charge in [0.15, 0.2) is 5.58 Å². The van der Waals surface area contributed by atoms with Crippen LogP contribution in [0.2, 0.25) is 5.02 Å². The number of amides is 1. The zero-order valence-corrected chi connectivity index (χ0v) is 13.9. The van der Waals surface area contributed by atoms with Crippen LogP contribution in [0.5, 0.6) is 0 Å². The van der Waals surface area contributed by atoms with Crippen molar-refractivity contribution in [1.82, 2.24) is 9.88 Å². The topological polar surface area (TPSA) is 64.2 Å². The van der Waals surface area contributed by atoms with Gasteiger partial charge in [-0.15, -0.1) is 0 Å². The Morgan fingerprint density at radius 1 is 1.39 bits per heavy atom. The van der Waals surface area contributed by atoms with E-state index < -0.39 is 5.76 Å². The Hall–Kier alpha value is -1.75. The summed E-state index contributed by atoms with van der Waals surface area (Å²) in [5.41, 5.74) is 1.11. The first-order chi connectivity index (χ1) is 11.0. The number of nitrogens with zero attached hydrogens (tertiary/aromatic N) is 1. The van der Waals surface area contributed by atoms with Crippen molar-refractivity contribution in [2.45, 2.75) is 51.6 Å². The molecule has 3 rings (SSSR count). The molecule has 1 aromatic carbocycles. The molecule has 1 amide bonds. The van der Waals surface area contributed by atoms with E-state index >= 15 is 0 Å². The van der Waals surface area contributed by atoms with Gasteiger partial charge in [-0.3, -0.25) is 9.36 Å². The van der Waals surface area contributed by atoms with Gasteiger partial charge < -0.3 is 9.73 Å². The number of fused-ring (bicyclic) bond motifs is 1. The summed E-state index contributed by atoms with van der Waals surface area (Å²) < 4.78 is 6.65. The smallest absolute Gasteiger partial charge is 0.408 e. The van der Waals surface area contributed by atoms with Crippen LogP contribution in [0.3, 0.4) is 0 Å². The average Bonchev–Trinajstić information content (AvgIpc) is 2.82. The zero-order valence-electron chi connectivity index (χ0n) is 13.2. The third-order valence-electron chi connectivity index (χ3n) is 4.65. The van der Waals surface area contributed by atoms with Crippen LogP contribution in [-0.2, 0) is 11.3 Å². The number of hydrogen-bond acceptors (Lipinski definition) is 3. The van der Waals surface area contributed by atoms with E-state index in [1.165, 1.54) is 17.4 Å². The number of carbonyl (C=O) groups is 1. The third kappa shape index (κ3) is 3.61. The lowest BCUT2D eigenvalue weighted by atomic mass is 9.86. The highest BCUT2D eigenvalue weighted by Crippen LogP contribution is 2.24. The molecular formula is C17H21ClN2O3. The SMILES string of the molecule is C[C@@H]1CCCC[C@H]1NC(=O)CCn1c(=O)oc2cc(Cl)ccc21. The molecule has 23 heavy (non-hydrogen) atoms. The molecule has 1 N–H and O–H groups in total. The predicted molar refractivity (Wildman–Crippen MR) is 89.7 cm³/mol. The van der Waals surface area contributed by atoms with E-state index in [0.717, 1.165) is 12.8 Å². The quantitative estimate of drug-likeness (QED) is 0.931. The molecule has 1 aromatic heterocycles. The minimum atomic E-state index is -0.457. The molecule has 124 valence electrons. The van der Waals surface area contributed by atoms with Gasteiger partial charge in [-0.2, -0.15) is 0 Å². The maximum Gasteiger partial charge on any atom is 0.419 e. The van der Waals surface area contributed by atoms with E-state index in [1.807, 2.05) is 0 Å². The van der Waals surface area contributed by atoms with E-state index in [0.29, 0.717) is 28.6 Å². The van der Waals surface area contributed by atoms with Crippen LogP contribution in [0.25, 0.3) is 11.1 Å². The molecule has 0 radical (unpaired) electrons. The molecular weight excluding hydrogens is 316 g/mol. The minimum absolute atomic E-state index is 0.0148. The molecule has 0 bridgehead atoms. The predicted octanol–water partition coefficient (Wildman–Crippen LogP) is 3.33. The lowest BCUT2D eigenvalue weighted by Gasteiger charge is -2.29. The molecule has 0 spiro atoms. The standard InChI is InChI=1S/C17H21ClN2O3/c1-11-4-2-3-5-13(11)19-16(21)8-9-20-14-7-6-12(18)10-15(14)23-17(20)22/h6-7,10-11,13H,2-5,8-9H2,1H3,(H,19,21)/t11-,13-/m1/s1. The second-order valence-corrected chi connectivity index (χ2v) is 6.75. The molecule has 5 nitrogen and oxygen atoms in total. The average molecular weight is 337 g/mol. The van der Waals surface area contributed by atoms with Gasteiger partial charge in [0, 0.05) is 30.1 Å². The van der Waals surface area contributed by atoms with Gasteiger partial charge in [0.2, 0.25) is 5.91 Å². The summed E-state index contributed by atoms with van der Waals surface area (Å²) >= 11 is 5.89. The normalized spacial score (nSPS) is 21.5. The van der Waals surface area contributed by atoms with Gasteiger partial charge in [0.1, 0.15) is 0 Å². The molecule has 6 heteroatoms. The molecule has 2 atom stereocenters. The van der Waals surface area contributed by atoms with Crippen LogP contribution in [0.1, 0.15) is 39.0 Å². The van der Waals surface area contributed by atoms with Crippen molar-refractivity contribution in [3.8, 4) is 0 Å². The van der Waals surface area contributed by atoms with Gasteiger partial charge >= 0.3 is 5.76 Å². The van der Waals surface area contributed by atoms with Crippen molar-refractivity contribution in [1.29, 1.82) is 0 Å². The number of aromatic nitrogens is 1. The lowest BCUT2D eigenvalue weighted by molar-refractivity contribution is -0.122. The van der Waals surface area contributed by atoms with Crippen LogP contribution in [0.15, 0.2) is 27.4 Å². The first-order valence-electron chi connectivity index (χ1n) is 8.13. The molecule has 1 fully saturated rings. The number of halogens is 1. The van der Waals surface area contributed by atoms with Crippen molar-refractivity contribution >= 4 is 28.6 Å². The number of aryl methyl sites for hydroxylation is 1. The largest absolute Gasteiger partial charge is 0.419 e. The van der Waals surface area contributed by atoms with Gasteiger partial charge in [-0.05, 0) is 30.9 Å². The molecule has 1 saturated carbocycles. The maximum absolute atomic E-state index is 12.2. The van der Waals surface area contributed by atoms with E-state index in [-0.39, 0.29) is 18.4 Å². The van der Waals surface area contributed by atoms with Gasteiger partial charge in [-0.25, -0.2) is 4.79 Å². The van der Waals surface area contributed by atoms with Gasteiger partial charge in [0.25, 0.3) is 0 Å². The molecule has 1 aliphatic rings. The monoisotopic (exact) mass is 336 g/mol. The van der Waals surface area contributed by atoms with Crippen LogP contribution < -0.4 is 11.1 Å². The molecule has 2 aromatic rings. The van der Waals surface area contributed by atoms with Crippen molar-refractivity contribution in [2.75, 3.05) is 0 Å². The molecule has 0 saturated heterocycles. The van der Waals surface area contributed by atoms with E-state index in [2.05, 4.69) is 12.2 Å². The van der Waals surface area contributed by atoms with Crippen molar-refractivity contribution in [3.05, 3.63) is 33.8 Å². The Morgan fingerprint density at radius 3 is 2.96 bits per heavy atom. The van der Waals surface area contributed by atoms with E-state index in [1.54, 1.807) is 18.2 Å². The van der Waals surface area contributed by atoms with Crippen LogP contribution in [0, 0.1) is 5.92 Å². The van der Waals surface area contributed by atoms with E-state index in [9.17, 15) is 9.59 Å². The third-order valence-corrected chi connectivity index (χ3v) is 4.89. The Kier molecular flexibility index (Phi) is 4.76. The van der Waals surface area contributed by atoms with E-state index in [4.69, 9.17) is 16.0 Å². The summed E-state index contributed by atoms with van der Waals surface area (Å²) in [5.74, 6) is 0.0485. The summed E-state index contributed by atoms with van der Waals surface area (Å²) in [6.45, 7) is 2.49. The molecule has 1 heterocycles. The van der Waals surface area contributed by atoms with Crippen LogP contribution in [-0.4, -0.2) is 16.5 Å². The summed E-state index contributed by atoms with van der Waals surface area (Å²) in [6.07, 6.45) is 4.88. The maximum atomic E-state index is 12.2. The molecule has 1 aliphatic carbocycles. The van der Waals surface area contributed by atoms with Crippen molar-refractivity contribution < 1.29 is 9.21 Å². The number of benzene rings is 1. The fraction of sp³-hybridized carbons (Fsp3) is 0.529. The Morgan fingerprint density at radius 2 is 2.17 bits per heavy atom. The fourth-order valence-corrected chi connectivity index (χ4v) is 3.44. The van der Waals surface area contributed by atoms with Crippen molar-refractivity contribution in [3.63, 3.8) is 0 Å². The summed E-state index contributed by atoms with van der Waals surface area (Å²) in [4.78, 5) is 24.1. The summed E-state index contributed by atoms with van der Waals surface area (Å²) in [5, 5.41) is 3.62. The summed E-state index contributed by atoms with van der Waals surface area (Å²) in [7, 11) is 0. The van der Waals surface area contributed by atoms with Crippen LogP contribution in [0.4, 0.5) is 0 Å². The van der Waals surface area contributed by atoms with Gasteiger partial charge in [-0.1, -0.05) is 31.4 Å². The number of nitrogens with one attached hydrogen (secondary N) is 1. The van der Waals surface area contributed by atoms with Crippen LogP contribution >= 0.6 is 11.6 Å². The highest BCUT2D eigenvalue weighted by Gasteiger charge is 2.22. The highest BCUT2D eigenvalue weighted by molar-refractivity contribution is 6.31. The Balaban J connectivity index is 1.65. The number of carbonyl (C=O) groups excluding carboxylic acids is 1. The van der Waals surface area contributed by atoms with Crippen molar-refractivity contribution in [2.24, 2.45) is 5.92 Å². The Labute approximate surface area is 139 Å². The first-order valence-corrected chi connectivity index (χ1v) is 8.50. The fourth-order valence-electron chi connectivity index (χ4n) is 3.27. The number of hydrogen-bond donors (Lipinski definition) is 1. The number of oxazole rings is 1. The second-order valence-electron chi connectivity index (χ2n) is 6.32. The summed E-state index contributed by atoms with van der Waals surface area (Å²) in [6, 6.07) is 5.31. The first kappa shape index (κ1) is 16.1. The zero-order chi connectivity index (χ0) is 16.4. The Bertz CT molecular complexity index is 765. The highest BCUT2D eigenvalue weighted by atomic mass is 35.5. The molecule has 0 unspecified atom stereocenters. The molecule has 0 aliphatic heterocycles.